The second-order valence-electron chi connectivity index (χ2n) is 3.46. The monoisotopic (exact) mass is 223 g/mol. The molecule has 1 saturated carbocycles. The van der Waals surface area contributed by atoms with Crippen LogP contribution in [0, 0.1) is 0 Å². The van der Waals surface area contributed by atoms with Crippen LogP contribution < -0.4 is 5.73 Å². The molecule has 0 bridgehead atoms. The molecule has 1 rings (SSSR count). The third-order valence-electron chi connectivity index (χ3n) is 2.21. The van der Waals surface area contributed by atoms with Gasteiger partial charge in [0.15, 0.2) is 0 Å². The largest absolute Gasteiger partial charge is 0.472 e. The minimum absolute atomic E-state index is 0.0560. The highest BCUT2D eigenvalue weighted by Crippen LogP contribution is 2.46. The average molecular weight is 223 g/mol. The van der Waals surface area contributed by atoms with Crippen LogP contribution in [-0.4, -0.2) is 24.1 Å². The highest BCUT2D eigenvalue weighted by atomic mass is 31.2. The van der Waals surface area contributed by atoms with E-state index in [1.54, 1.807) is 0 Å². The Kier molecular flexibility index (Phi) is 5.06. The van der Waals surface area contributed by atoms with Crippen LogP contribution in [0.2, 0.25) is 0 Å². The Hall–Kier alpha value is 0.0700. The predicted octanol–water partition coefficient (Wildman–Crippen LogP) is 1.41. The summed E-state index contributed by atoms with van der Waals surface area (Å²) in [5.74, 6) is 0. The van der Waals surface area contributed by atoms with Crippen LogP contribution in [0.4, 0.5) is 0 Å². The molecule has 0 spiro atoms. The molecule has 1 aliphatic carbocycles. The van der Waals surface area contributed by atoms with Gasteiger partial charge in [0.25, 0.3) is 0 Å². The van der Waals surface area contributed by atoms with E-state index in [0.717, 1.165) is 25.7 Å². The summed E-state index contributed by atoms with van der Waals surface area (Å²) < 4.78 is 21.0. The number of hydrogen-bond acceptors (Lipinski definition) is 4. The van der Waals surface area contributed by atoms with E-state index in [1.165, 1.54) is 6.42 Å². The number of hydrogen-bond donors (Lipinski definition) is 2. The molecule has 0 heterocycles. The lowest BCUT2D eigenvalue weighted by molar-refractivity contribution is 0.0840. The first-order valence-corrected chi connectivity index (χ1v) is 6.49. The third kappa shape index (κ3) is 4.53. The van der Waals surface area contributed by atoms with Crippen molar-refractivity contribution in [1.29, 1.82) is 0 Å². The van der Waals surface area contributed by atoms with Crippen LogP contribution >= 0.6 is 7.82 Å². The van der Waals surface area contributed by atoms with Gasteiger partial charge in [0.05, 0.1) is 12.7 Å². The maximum absolute atomic E-state index is 11.3. The lowest BCUT2D eigenvalue weighted by Gasteiger charge is -2.23. The fraction of sp³-hybridized carbons (Fsp3) is 1.00. The number of phosphoric acid groups is 1. The molecule has 0 radical (unpaired) electrons. The van der Waals surface area contributed by atoms with E-state index in [4.69, 9.17) is 10.3 Å². The van der Waals surface area contributed by atoms with Crippen molar-refractivity contribution in [2.45, 2.75) is 38.2 Å². The zero-order valence-corrected chi connectivity index (χ0v) is 9.12. The van der Waals surface area contributed by atoms with Crippen LogP contribution in [0.3, 0.4) is 0 Å². The first kappa shape index (κ1) is 12.1. The lowest BCUT2D eigenvalue weighted by Crippen LogP contribution is -2.17. The molecule has 1 unspecified atom stereocenters. The summed E-state index contributed by atoms with van der Waals surface area (Å²) in [5, 5.41) is 0. The minimum atomic E-state index is -3.86. The summed E-state index contributed by atoms with van der Waals surface area (Å²) in [4.78, 5) is 9.25. The maximum Gasteiger partial charge on any atom is 0.472 e. The molecule has 3 N–H and O–H groups in total. The average Bonchev–Trinajstić information content (AvgIpc) is 2.16. The molecule has 84 valence electrons. The molecular weight excluding hydrogens is 205 g/mol. The molecule has 0 aliphatic heterocycles. The van der Waals surface area contributed by atoms with E-state index in [-0.39, 0.29) is 19.3 Å². The Morgan fingerprint density at radius 1 is 1.36 bits per heavy atom. The summed E-state index contributed by atoms with van der Waals surface area (Å²) in [7, 11) is -3.86. The van der Waals surface area contributed by atoms with Crippen LogP contribution in [0.1, 0.15) is 32.1 Å². The Bertz CT molecular complexity index is 206. The molecule has 1 fully saturated rings. The van der Waals surface area contributed by atoms with Gasteiger partial charge in [-0.3, -0.25) is 9.05 Å². The zero-order valence-electron chi connectivity index (χ0n) is 8.22. The first-order valence-electron chi connectivity index (χ1n) is 5.00. The molecule has 1 aliphatic rings. The van der Waals surface area contributed by atoms with Gasteiger partial charge in [-0.2, -0.15) is 0 Å². The summed E-state index contributed by atoms with van der Waals surface area (Å²) in [6, 6.07) is 0. The van der Waals surface area contributed by atoms with Crippen LogP contribution in [-0.2, 0) is 13.6 Å². The quantitative estimate of drug-likeness (QED) is 0.688. The van der Waals surface area contributed by atoms with E-state index < -0.39 is 7.82 Å². The van der Waals surface area contributed by atoms with Gasteiger partial charge >= 0.3 is 7.82 Å². The lowest BCUT2D eigenvalue weighted by atomic mass is 9.98. The van der Waals surface area contributed by atoms with Crippen molar-refractivity contribution < 1.29 is 18.5 Å². The zero-order chi connectivity index (χ0) is 10.4. The molecule has 0 amide bonds. The van der Waals surface area contributed by atoms with Gasteiger partial charge in [0.1, 0.15) is 0 Å². The Labute approximate surface area is 84.2 Å². The molecule has 0 aromatic rings. The molecule has 0 saturated heterocycles. The van der Waals surface area contributed by atoms with E-state index in [9.17, 15) is 9.46 Å². The van der Waals surface area contributed by atoms with Gasteiger partial charge in [-0.1, -0.05) is 19.3 Å². The Morgan fingerprint density at radius 2 is 2.00 bits per heavy atom. The number of rotatable bonds is 5. The summed E-state index contributed by atoms with van der Waals surface area (Å²) >= 11 is 0. The summed E-state index contributed by atoms with van der Waals surface area (Å²) in [6.45, 7) is 0.277. The van der Waals surface area contributed by atoms with Crippen molar-refractivity contribution in [1.82, 2.24) is 0 Å². The van der Waals surface area contributed by atoms with Crippen molar-refractivity contribution in [2.24, 2.45) is 5.73 Å². The van der Waals surface area contributed by atoms with Gasteiger partial charge in [-0.25, -0.2) is 4.57 Å². The fourth-order valence-corrected chi connectivity index (χ4v) is 2.54. The first-order chi connectivity index (χ1) is 6.64. The predicted molar refractivity (Wildman–Crippen MR) is 52.8 cm³/mol. The van der Waals surface area contributed by atoms with Crippen molar-refractivity contribution in [3.8, 4) is 0 Å². The van der Waals surface area contributed by atoms with Gasteiger partial charge in [0, 0.05) is 6.54 Å². The van der Waals surface area contributed by atoms with Crippen LogP contribution in [0.5, 0.6) is 0 Å². The molecule has 6 heteroatoms. The Morgan fingerprint density at radius 3 is 2.57 bits per heavy atom. The molecule has 14 heavy (non-hydrogen) atoms. The highest BCUT2D eigenvalue weighted by molar-refractivity contribution is 7.47. The smallest absolute Gasteiger partial charge is 0.328 e. The molecule has 1 atom stereocenters. The van der Waals surface area contributed by atoms with E-state index in [1.807, 2.05) is 0 Å². The molecular formula is C8H18NO4P. The minimum Gasteiger partial charge on any atom is -0.328 e. The van der Waals surface area contributed by atoms with E-state index >= 15 is 0 Å². The Balaban J connectivity index is 2.29. The third-order valence-corrected chi connectivity index (χ3v) is 3.28. The van der Waals surface area contributed by atoms with Crippen molar-refractivity contribution in [3.05, 3.63) is 0 Å². The van der Waals surface area contributed by atoms with Crippen LogP contribution in [0.15, 0.2) is 0 Å². The summed E-state index contributed by atoms with van der Waals surface area (Å²) in [5.41, 5.74) is 5.16. The van der Waals surface area contributed by atoms with Crippen molar-refractivity contribution >= 4 is 7.82 Å². The standard InChI is InChI=1S/C8H18NO4P/c9-6-7-12-14(10,11)13-8-4-2-1-3-5-8/h8H,1-7,9H2,(H,10,11). The highest BCUT2D eigenvalue weighted by Gasteiger charge is 2.27. The van der Waals surface area contributed by atoms with Gasteiger partial charge in [-0.05, 0) is 12.8 Å². The topological polar surface area (TPSA) is 81.8 Å². The number of nitrogens with two attached hydrogens (primary N) is 1. The normalized spacial score (nSPS) is 23.3. The second-order valence-corrected chi connectivity index (χ2v) is 4.86. The van der Waals surface area contributed by atoms with Gasteiger partial charge in [0.2, 0.25) is 0 Å². The van der Waals surface area contributed by atoms with Gasteiger partial charge < -0.3 is 10.6 Å². The van der Waals surface area contributed by atoms with Crippen molar-refractivity contribution in [3.63, 3.8) is 0 Å². The SMILES string of the molecule is NCCOP(=O)(O)OC1CCCCC1. The maximum atomic E-state index is 11.3. The fourth-order valence-electron chi connectivity index (χ4n) is 1.56. The van der Waals surface area contributed by atoms with E-state index in [2.05, 4.69) is 4.52 Å². The van der Waals surface area contributed by atoms with Gasteiger partial charge in [-0.15, -0.1) is 0 Å². The molecule has 0 aromatic heterocycles. The molecule has 5 nitrogen and oxygen atoms in total. The molecule has 0 aromatic carbocycles. The van der Waals surface area contributed by atoms with Crippen LogP contribution in [0.25, 0.3) is 0 Å². The second kappa shape index (κ2) is 5.83. The number of phosphoric ester groups is 1. The van der Waals surface area contributed by atoms with E-state index in [0.29, 0.717) is 0 Å². The van der Waals surface area contributed by atoms with Crippen molar-refractivity contribution in [2.75, 3.05) is 13.2 Å². The summed E-state index contributed by atoms with van der Waals surface area (Å²) in [6.07, 6.45) is 4.85.